The fraction of sp³-hybridized carbons (Fsp3) is 0.647. The van der Waals surface area contributed by atoms with Crippen molar-refractivity contribution < 1.29 is 14.3 Å². The van der Waals surface area contributed by atoms with Crippen LogP contribution in [0.3, 0.4) is 0 Å². The predicted molar refractivity (Wildman–Crippen MR) is 89.7 cm³/mol. The van der Waals surface area contributed by atoms with Gasteiger partial charge in [0.25, 0.3) is 5.91 Å². The number of hydrogen-bond acceptors (Lipinski definition) is 4. The van der Waals surface area contributed by atoms with Crippen molar-refractivity contribution in [2.75, 3.05) is 13.1 Å². The molecule has 126 valence electrons. The first-order valence-electron chi connectivity index (χ1n) is 8.19. The maximum absolute atomic E-state index is 12.1. The van der Waals surface area contributed by atoms with Crippen LogP contribution in [0, 0.1) is 5.92 Å². The molecule has 0 bridgehead atoms. The minimum absolute atomic E-state index is 0.0657. The summed E-state index contributed by atoms with van der Waals surface area (Å²) in [6.07, 6.45) is 2.79. The van der Waals surface area contributed by atoms with Crippen LogP contribution in [0.15, 0.2) is 6.07 Å². The molecule has 2 aliphatic heterocycles. The lowest BCUT2D eigenvalue weighted by Gasteiger charge is -2.33. The number of carbonyl (C=O) groups is 2. The van der Waals surface area contributed by atoms with E-state index < -0.39 is 5.60 Å². The van der Waals surface area contributed by atoms with Gasteiger partial charge in [-0.15, -0.1) is 11.3 Å². The number of thiophene rings is 1. The SMILES string of the molecule is CC(C)(C)OC(=O)N1CCC(Cc2cc3c(s2)C(=O)NC3)CC1. The zero-order valence-electron chi connectivity index (χ0n) is 14.0. The molecule has 1 fully saturated rings. The number of ether oxygens (including phenoxy) is 1. The van der Waals surface area contributed by atoms with E-state index in [-0.39, 0.29) is 12.0 Å². The molecule has 2 amide bonds. The second-order valence-electron chi connectivity index (χ2n) is 7.36. The van der Waals surface area contributed by atoms with Crippen LogP contribution in [0.25, 0.3) is 0 Å². The van der Waals surface area contributed by atoms with Crippen molar-refractivity contribution in [3.8, 4) is 0 Å². The van der Waals surface area contributed by atoms with E-state index in [2.05, 4.69) is 11.4 Å². The second kappa shape index (κ2) is 6.15. The zero-order valence-corrected chi connectivity index (χ0v) is 14.8. The lowest BCUT2D eigenvalue weighted by atomic mass is 9.93. The summed E-state index contributed by atoms with van der Waals surface area (Å²) >= 11 is 1.62. The third-order valence-electron chi connectivity index (χ3n) is 4.26. The number of piperidine rings is 1. The standard InChI is InChI=1S/C17H24N2O3S/c1-17(2,3)22-16(21)19-6-4-11(5-7-19)8-13-9-12-10-18-15(20)14(12)23-13/h9,11H,4-8,10H2,1-3H3,(H,18,20). The van der Waals surface area contributed by atoms with E-state index in [0.29, 0.717) is 12.5 Å². The van der Waals surface area contributed by atoms with Crippen LogP contribution in [0.5, 0.6) is 0 Å². The first kappa shape index (κ1) is 16.3. The van der Waals surface area contributed by atoms with E-state index in [1.807, 2.05) is 25.7 Å². The number of nitrogens with zero attached hydrogens (tertiary/aromatic N) is 1. The molecule has 5 nitrogen and oxygen atoms in total. The molecule has 3 heterocycles. The predicted octanol–water partition coefficient (Wildman–Crippen LogP) is 3.18. The minimum atomic E-state index is -0.438. The third kappa shape index (κ3) is 3.86. The van der Waals surface area contributed by atoms with Crippen molar-refractivity contribution in [3.63, 3.8) is 0 Å². The Morgan fingerprint density at radius 3 is 2.70 bits per heavy atom. The van der Waals surface area contributed by atoms with Gasteiger partial charge in [0.1, 0.15) is 5.60 Å². The van der Waals surface area contributed by atoms with Gasteiger partial charge in [-0.1, -0.05) is 0 Å². The Bertz CT molecular complexity index is 610. The maximum Gasteiger partial charge on any atom is 0.410 e. The molecular formula is C17H24N2O3S. The van der Waals surface area contributed by atoms with Gasteiger partial charge in [-0.2, -0.15) is 0 Å². The quantitative estimate of drug-likeness (QED) is 0.902. The van der Waals surface area contributed by atoms with Gasteiger partial charge in [0, 0.05) is 24.5 Å². The number of amides is 2. The zero-order chi connectivity index (χ0) is 16.6. The molecule has 1 N–H and O–H groups in total. The second-order valence-corrected chi connectivity index (χ2v) is 8.50. The van der Waals surface area contributed by atoms with E-state index in [0.717, 1.165) is 42.8 Å². The molecule has 0 saturated carbocycles. The van der Waals surface area contributed by atoms with Crippen molar-refractivity contribution in [1.29, 1.82) is 0 Å². The van der Waals surface area contributed by atoms with Gasteiger partial charge in [-0.05, 0) is 57.6 Å². The van der Waals surface area contributed by atoms with Gasteiger partial charge in [0.05, 0.1) is 4.88 Å². The highest BCUT2D eigenvalue weighted by atomic mass is 32.1. The first-order valence-corrected chi connectivity index (χ1v) is 9.01. The lowest BCUT2D eigenvalue weighted by Crippen LogP contribution is -2.42. The average molecular weight is 336 g/mol. The summed E-state index contributed by atoms with van der Waals surface area (Å²) in [6, 6.07) is 2.16. The minimum Gasteiger partial charge on any atom is -0.444 e. The highest BCUT2D eigenvalue weighted by Gasteiger charge is 2.28. The molecule has 0 spiro atoms. The van der Waals surface area contributed by atoms with Crippen LogP contribution < -0.4 is 5.32 Å². The highest BCUT2D eigenvalue weighted by Crippen LogP contribution is 2.31. The van der Waals surface area contributed by atoms with Gasteiger partial charge in [0.2, 0.25) is 0 Å². The summed E-state index contributed by atoms with van der Waals surface area (Å²) in [6.45, 7) is 7.86. The summed E-state index contributed by atoms with van der Waals surface area (Å²) < 4.78 is 5.43. The van der Waals surface area contributed by atoms with E-state index in [1.54, 1.807) is 11.3 Å². The normalized spacial score (nSPS) is 18.7. The fourth-order valence-electron chi connectivity index (χ4n) is 3.10. The molecule has 3 rings (SSSR count). The molecule has 2 aliphatic rings. The van der Waals surface area contributed by atoms with Crippen molar-refractivity contribution in [2.45, 2.75) is 52.2 Å². The Balaban J connectivity index is 1.51. The van der Waals surface area contributed by atoms with E-state index in [4.69, 9.17) is 4.74 Å². The molecule has 0 unspecified atom stereocenters. The largest absolute Gasteiger partial charge is 0.444 e. The van der Waals surface area contributed by atoms with Crippen molar-refractivity contribution in [3.05, 3.63) is 21.4 Å². The van der Waals surface area contributed by atoms with E-state index in [1.165, 1.54) is 4.88 Å². The summed E-state index contributed by atoms with van der Waals surface area (Å²) in [5.74, 6) is 0.645. The van der Waals surface area contributed by atoms with E-state index in [9.17, 15) is 9.59 Å². The molecule has 0 radical (unpaired) electrons. The van der Waals surface area contributed by atoms with Gasteiger partial charge in [-0.25, -0.2) is 4.79 Å². The van der Waals surface area contributed by atoms with Crippen molar-refractivity contribution in [2.24, 2.45) is 5.92 Å². The van der Waals surface area contributed by atoms with Gasteiger partial charge >= 0.3 is 6.09 Å². The molecule has 0 atom stereocenters. The summed E-state index contributed by atoms with van der Waals surface area (Å²) in [5.41, 5.74) is 0.702. The van der Waals surface area contributed by atoms with Crippen LogP contribution in [0.4, 0.5) is 4.79 Å². The molecule has 0 aromatic carbocycles. The van der Waals surface area contributed by atoms with Gasteiger partial charge in [0.15, 0.2) is 0 Å². The summed E-state index contributed by atoms with van der Waals surface area (Å²) in [7, 11) is 0. The molecule has 0 aliphatic carbocycles. The molecular weight excluding hydrogens is 312 g/mol. The lowest BCUT2D eigenvalue weighted by molar-refractivity contribution is 0.0184. The number of nitrogens with one attached hydrogen (secondary N) is 1. The van der Waals surface area contributed by atoms with Crippen LogP contribution in [0.2, 0.25) is 0 Å². The number of hydrogen-bond donors (Lipinski definition) is 1. The smallest absolute Gasteiger partial charge is 0.410 e. The summed E-state index contributed by atoms with van der Waals surface area (Å²) in [4.78, 5) is 27.7. The summed E-state index contributed by atoms with van der Waals surface area (Å²) in [5, 5.41) is 2.85. The highest BCUT2D eigenvalue weighted by molar-refractivity contribution is 7.14. The Morgan fingerprint density at radius 2 is 2.09 bits per heavy atom. The van der Waals surface area contributed by atoms with Crippen LogP contribution >= 0.6 is 11.3 Å². The number of likely N-dealkylation sites (tertiary alicyclic amines) is 1. The molecule has 1 aromatic heterocycles. The molecule has 6 heteroatoms. The fourth-order valence-corrected chi connectivity index (χ4v) is 4.31. The van der Waals surface area contributed by atoms with Gasteiger partial charge < -0.3 is 15.0 Å². The Hall–Kier alpha value is -1.56. The maximum atomic E-state index is 12.1. The van der Waals surface area contributed by atoms with Crippen molar-refractivity contribution in [1.82, 2.24) is 10.2 Å². The van der Waals surface area contributed by atoms with Crippen molar-refractivity contribution >= 4 is 23.3 Å². The number of fused-ring (bicyclic) bond motifs is 1. The molecule has 23 heavy (non-hydrogen) atoms. The Kier molecular flexibility index (Phi) is 4.36. The topological polar surface area (TPSA) is 58.6 Å². The van der Waals surface area contributed by atoms with Gasteiger partial charge in [-0.3, -0.25) is 4.79 Å². The van der Waals surface area contributed by atoms with Crippen LogP contribution in [-0.4, -0.2) is 35.6 Å². The Labute approximate surface area is 141 Å². The third-order valence-corrected chi connectivity index (χ3v) is 5.46. The molecule has 1 saturated heterocycles. The van der Waals surface area contributed by atoms with Crippen LogP contribution in [-0.2, 0) is 17.7 Å². The number of rotatable bonds is 2. The first-order chi connectivity index (χ1) is 10.8. The van der Waals surface area contributed by atoms with E-state index >= 15 is 0 Å². The Morgan fingerprint density at radius 1 is 1.39 bits per heavy atom. The van der Waals surface area contributed by atoms with Crippen LogP contribution in [0.1, 0.15) is 53.7 Å². The monoisotopic (exact) mass is 336 g/mol. The number of carbonyl (C=O) groups excluding carboxylic acids is 2. The molecule has 1 aromatic rings. The average Bonchev–Trinajstić information content (AvgIpc) is 3.00.